The van der Waals surface area contributed by atoms with Gasteiger partial charge in [-0.25, -0.2) is 0 Å². The number of aryl methyl sites for hydroxylation is 1. The van der Waals surface area contributed by atoms with Crippen LogP contribution in [0.4, 0.5) is 5.69 Å². The first-order valence-electron chi connectivity index (χ1n) is 7.13. The Hall–Kier alpha value is -2.29. The first-order chi connectivity index (χ1) is 9.97. The number of nitrogens with zero attached hydrogens (tertiary/aromatic N) is 1. The SMILES string of the molecule is Cc1ccc(CN(C)C(=O)C(C)c2cccc(N)c2)cc1. The van der Waals surface area contributed by atoms with Crippen molar-refractivity contribution in [3.63, 3.8) is 0 Å². The van der Waals surface area contributed by atoms with Gasteiger partial charge in [0.1, 0.15) is 0 Å². The molecule has 2 N–H and O–H groups in total. The first kappa shape index (κ1) is 15.1. The summed E-state index contributed by atoms with van der Waals surface area (Å²) in [6, 6.07) is 15.8. The van der Waals surface area contributed by atoms with Crippen LogP contribution >= 0.6 is 0 Å². The van der Waals surface area contributed by atoms with Crippen LogP contribution in [0.5, 0.6) is 0 Å². The number of benzene rings is 2. The topological polar surface area (TPSA) is 46.3 Å². The quantitative estimate of drug-likeness (QED) is 0.874. The fourth-order valence-corrected chi connectivity index (χ4v) is 2.35. The van der Waals surface area contributed by atoms with Gasteiger partial charge < -0.3 is 10.6 Å². The molecular formula is C18H22N2O. The van der Waals surface area contributed by atoms with Gasteiger partial charge >= 0.3 is 0 Å². The lowest BCUT2D eigenvalue weighted by Gasteiger charge is -2.22. The van der Waals surface area contributed by atoms with E-state index in [2.05, 4.69) is 31.2 Å². The first-order valence-corrected chi connectivity index (χ1v) is 7.13. The Kier molecular flexibility index (Phi) is 4.63. The molecule has 2 aromatic carbocycles. The van der Waals surface area contributed by atoms with Crippen molar-refractivity contribution in [3.8, 4) is 0 Å². The average Bonchev–Trinajstić information content (AvgIpc) is 2.48. The molecule has 1 amide bonds. The van der Waals surface area contributed by atoms with E-state index in [1.807, 2.05) is 38.2 Å². The molecule has 0 aliphatic rings. The van der Waals surface area contributed by atoms with Crippen molar-refractivity contribution in [2.24, 2.45) is 0 Å². The highest BCUT2D eigenvalue weighted by molar-refractivity contribution is 5.83. The van der Waals surface area contributed by atoms with Crippen LogP contribution in [0.1, 0.15) is 29.5 Å². The van der Waals surface area contributed by atoms with Gasteiger partial charge in [0.25, 0.3) is 0 Å². The minimum absolute atomic E-state index is 0.0983. The van der Waals surface area contributed by atoms with E-state index in [4.69, 9.17) is 5.73 Å². The van der Waals surface area contributed by atoms with Crippen LogP contribution in [0.2, 0.25) is 0 Å². The van der Waals surface area contributed by atoms with Crippen molar-refractivity contribution in [1.29, 1.82) is 0 Å². The summed E-state index contributed by atoms with van der Waals surface area (Å²) in [5.41, 5.74) is 9.79. The molecule has 0 heterocycles. The molecule has 0 fully saturated rings. The number of nitrogens with two attached hydrogens (primary N) is 1. The number of hydrogen-bond donors (Lipinski definition) is 1. The van der Waals surface area contributed by atoms with Gasteiger partial charge in [-0.1, -0.05) is 42.0 Å². The standard InChI is InChI=1S/C18H22N2O/c1-13-7-9-15(10-8-13)12-20(3)18(21)14(2)16-5-4-6-17(19)11-16/h4-11,14H,12,19H2,1-3H3. The highest BCUT2D eigenvalue weighted by Gasteiger charge is 2.19. The van der Waals surface area contributed by atoms with Crippen molar-refractivity contribution < 1.29 is 4.79 Å². The Labute approximate surface area is 126 Å². The van der Waals surface area contributed by atoms with Gasteiger partial charge in [-0.3, -0.25) is 4.79 Å². The number of nitrogen functional groups attached to an aromatic ring is 1. The molecule has 0 aromatic heterocycles. The van der Waals surface area contributed by atoms with E-state index in [9.17, 15) is 4.79 Å². The highest BCUT2D eigenvalue weighted by atomic mass is 16.2. The van der Waals surface area contributed by atoms with Crippen molar-refractivity contribution in [2.45, 2.75) is 26.3 Å². The Morgan fingerprint density at radius 1 is 1.19 bits per heavy atom. The molecular weight excluding hydrogens is 260 g/mol. The summed E-state index contributed by atoms with van der Waals surface area (Å²) in [5, 5.41) is 0. The van der Waals surface area contributed by atoms with Crippen LogP contribution < -0.4 is 5.73 Å². The zero-order valence-electron chi connectivity index (χ0n) is 12.8. The summed E-state index contributed by atoms with van der Waals surface area (Å²) in [7, 11) is 1.84. The number of carbonyl (C=O) groups is 1. The second-order valence-electron chi connectivity index (χ2n) is 5.57. The lowest BCUT2D eigenvalue weighted by Crippen LogP contribution is -2.30. The van der Waals surface area contributed by atoms with E-state index in [1.165, 1.54) is 5.56 Å². The van der Waals surface area contributed by atoms with Gasteiger partial charge in [0.2, 0.25) is 5.91 Å². The molecule has 0 saturated heterocycles. The average molecular weight is 282 g/mol. The summed E-state index contributed by atoms with van der Waals surface area (Å²) in [6.45, 7) is 4.59. The molecule has 0 saturated carbocycles. The lowest BCUT2D eigenvalue weighted by molar-refractivity contribution is -0.131. The van der Waals surface area contributed by atoms with E-state index in [0.717, 1.165) is 11.1 Å². The number of rotatable bonds is 4. The minimum Gasteiger partial charge on any atom is -0.399 e. The predicted molar refractivity (Wildman–Crippen MR) is 86.9 cm³/mol. The van der Waals surface area contributed by atoms with Gasteiger partial charge in [0.15, 0.2) is 0 Å². The maximum atomic E-state index is 12.5. The maximum absolute atomic E-state index is 12.5. The molecule has 3 heteroatoms. The lowest BCUT2D eigenvalue weighted by atomic mass is 9.99. The minimum atomic E-state index is -0.191. The molecule has 110 valence electrons. The smallest absolute Gasteiger partial charge is 0.229 e. The van der Waals surface area contributed by atoms with Crippen molar-refractivity contribution in [3.05, 3.63) is 65.2 Å². The van der Waals surface area contributed by atoms with Crippen LogP contribution in [0, 0.1) is 6.92 Å². The van der Waals surface area contributed by atoms with Crippen LogP contribution in [0.25, 0.3) is 0 Å². The fourth-order valence-electron chi connectivity index (χ4n) is 2.35. The normalized spacial score (nSPS) is 12.0. The Balaban J connectivity index is 2.06. The summed E-state index contributed by atoms with van der Waals surface area (Å²) in [4.78, 5) is 14.3. The third kappa shape index (κ3) is 3.85. The molecule has 3 nitrogen and oxygen atoms in total. The van der Waals surface area contributed by atoms with Crippen LogP contribution in [-0.2, 0) is 11.3 Å². The largest absolute Gasteiger partial charge is 0.399 e. The van der Waals surface area contributed by atoms with Gasteiger partial charge in [0, 0.05) is 19.3 Å². The molecule has 1 unspecified atom stereocenters. The summed E-state index contributed by atoms with van der Waals surface area (Å²) < 4.78 is 0. The van der Waals surface area contributed by atoms with Gasteiger partial charge in [-0.2, -0.15) is 0 Å². The van der Waals surface area contributed by atoms with E-state index in [1.54, 1.807) is 4.90 Å². The number of carbonyl (C=O) groups excluding carboxylic acids is 1. The molecule has 0 bridgehead atoms. The molecule has 0 spiro atoms. The molecule has 0 radical (unpaired) electrons. The van der Waals surface area contributed by atoms with Crippen LogP contribution in [0.15, 0.2) is 48.5 Å². The highest BCUT2D eigenvalue weighted by Crippen LogP contribution is 2.20. The van der Waals surface area contributed by atoms with Crippen molar-refractivity contribution in [1.82, 2.24) is 4.90 Å². The third-order valence-electron chi connectivity index (χ3n) is 3.70. The van der Waals surface area contributed by atoms with Crippen LogP contribution in [-0.4, -0.2) is 17.9 Å². The summed E-state index contributed by atoms with van der Waals surface area (Å²) in [6.07, 6.45) is 0. The number of anilines is 1. The molecule has 2 aromatic rings. The van der Waals surface area contributed by atoms with E-state index in [-0.39, 0.29) is 11.8 Å². The van der Waals surface area contributed by atoms with E-state index < -0.39 is 0 Å². The number of likely N-dealkylation sites (N-methyl/N-ethyl adjacent to an activating group) is 1. The molecule has 1 atom stereocenters. The van der Waals surface area contributed by atoms with Gasteiger partial charge in [-0.05, 0) is 37.1 Å². The monoisotopic (exact) mass is 282 g/mol. The Morgan fingerprint density at radius 3 is 2.48 bits per heavy atom. The molecule has 2 rings (SSSR count). The van der Waals surface area contributed by atoms with Crippen molar-refractivity contribution >= 4 is 11.6 Å². The number of hydrogen-bond acceptors (Lipinski definition) is 2. The summed E-state index contributed by atoms with van der Waals surface area (Å²) >= 11 is 0. The fraction of sp³-hybridized carbons (Fsp3) is 0.278. The van der Waals surface area contributed by atoms with E-state index >= 15 is 0 Å². The van der Waals surface area contributed by atoms with Gasteiger partial charge in [-0.15, -0.1) is 0 Å². The predicted octanol–water partition coefficient (Wildman–Crippen LogP) is 3.34. The second kappa shape index (κ2) is 6.44. The molecule has 0 aliphatic heterocycles. The van der Waals surface area contributed by atoms with Gasteiger partial charge in [0.05, 0.1) is 5.92 Å². The summed E-state index contributed by atoms with van der Waals surface area (Å²) in [5.74, 6) is -0.0925. The molecule has 21 heavy (non-hydrogen) atoms. The Bertz CT molecular complexity index is 619. The molecule has 0 aliphatic carbocycles. The van der Waals surface area contributed by atoms with Crippen LogP contribution in [0.3, 0.4) is 0 Å². The van der Waals surface area contributed by atoms with Crippen molar-refractivity contribution in [2.75, 3.05) is 12.8 Å². The zero-order valence-corrected chi connectivity index (χ0v) is 12.8. The van der Waals surface area contributed by atoms with E-state index in [0.29, 0.717) is 12.2 Å². The second-order valence-corrected chi connectivity index (χ2v) is 5.57. The third-order valence-corrected chi connectivity index (χ3v) is 3.70. The number of amides is 1. The zero-order chi connectivity index (χ0) is 15.4. The Morgan fingerprint density at radius 2 is 1.86 bits per heavy atom. The maximum Gasteiger partial charge on any atom is 0.229 e.